The number of pyridine rings is 1. The number of halogens is 3. The second-order valence-electron chi connectivity index (χ2n) is 8.50. The number of aliphatic hydroxyl groups excluding tert-OH is 1. The number of aromatic nitrogens is 4. The summed E-state index contributed by atoms with van der Waals surface area (Å²) >= 11 is 0. The summed E-state index contributed by atoms with van der Waals surface area (Å²) in [5.74, 6) is -0.952. The summed E-state index contributed by atoms with van der Waals surface area (Å²) < 4.78 is 39.8. The van der Waals surface area contributed by atoms with Crippen molar-refractivity contribution in [2.75, 3.05) is 5.32 Å². The molecule has 0 aliphatic heterocycles. The van der Waals surface area contributed by atoms with Gasteiger partial charge >= 0.3 is 12.1 Å². The second kappa shape index (κ2) is 8.97. The molecular formula is C22H24F3N5O3. The molecule has 0 amide bonds. The molecule has 176 valence electrons. The lowest BCUT2D eigenvalue weighted by Gasteiger charge is -2.25. The van der Waals surface area contributed by atoms with Crippen LogP contribution in [0.25, 0.3) is 16.6 Å². The fourth-order valence-corrected chi connectivity index (χ4v) is 4.30. The lowest BCUT2D eigenvalue weighted by Crippen LogP contribution is -2.25. The zero-order valence-corrected chi connectivity index (χ0v) is 17.9. The van der Waals surface area contributed by atoms with E-state index in [9.17, 15) is 28.2 Å². The first-order chi connectivity index (χ1) is 15.6. The Bertz CT molecular complexity index is 1160. The van der Waals surface area contributed by atoms with Crippen LogP contribution >= 0.6 is 0 Å². The predicted molar refractivity (Wildman–Crippen MR) is 114 cm³/mol. The van der Waals surface area contributed by atoms with Gasteiger partial charge < -0.3 is 15.5 Å². The molecule has 8 nitrogen and oxygen atoms in total. The summed E-state index contributed by atoms with van der Waals surface area (Å²) in [4.78, 5) is 19.6. The van der Waals surface area contributed by atoms with Gasteiger partial charge in [0.15, 0.2) is 0 Å². The third-order valence-corrected chi connectivity index (χ3v) is 5.87. The van der Waals surface area contributed by atoms with Crippen molar-refractivity contribution in [2.24, 2.45) is 0 Å². The summed E-state index contributed by atoms with van der Waals surface area (Å²) in [5.41, 5.74) is 2.72. The van der Waals surface area contributed by atoms with E-state index >= 15 is 0 Å². The van der Waals surface area contributed by atoms with Crippen molar-refractivity contribution in [3.63, 3.8) is 0 Å². The Morgan fingerprint density at radius 1 is 1.21 bits per heavy atom. The molecule has 11 heteroatoms. The third kappa shape index (κ3) is 5.24. The van der Waals surface area contributed by atoms with E-state index in [2.05, 4.69) is 20.4 Å². The van der Waals surface area contributed by atoms with Crippen LogP contribution in [0.15, 0.2) is 30.7 Å². The number of rotatable bonds is 6. The van der Waals surface area contributed by atoms with Gasteiger partial charge in [0.2, 0.25) is 5.95 Å². The standard InChI is InChI=1S/C22H24F3N5O3/c1-12(8-22(23,24)25)28-21-27-11-19-17(14-6-15(20(32)33)10-26-9-14)7-18(30(19)29-21)13-2-4-16(31)5-3-13/h6-7,9-13,16,31H,2-5,8H2,1H3,(H,28,29)(H,32,33)/t12-,13-,16-/m0/s1. The van der Waals surface area contributed by atoms with Gasteiger partial charge in [0, 0.05) is 41.2 Å². The molecule has 33 heavy (non-hydrogen) atoms. The molecule has 3 heterocycles. The van der Waals surface area contributed by atoms with Crippen LogP contribution in [-0.2, 0) is 0 Å². The highest BCUT2D eigenvalue weighted by Crippen LogP contribution is 2.37. The summed E-state index contributed by atoms with van der Waals surface area (Å²) in [6, 6.07) is 2.50. The number of alkyl halides is 3. The van der Waals surface area contributed by atoms with Crippen molar-refractivity contribution < 1.29 is 28.2 Å². The first-order valence-corrected chi connectivity index (χ1v) is 10.7. The molecule has 1 saturated carbocycles. The predicted octanol–water partition coefficient (Wildman–Crippen LogP) is 4.26. The van der Waals surface area contributed by atoms with Crippen molar-refractivity contribution in [3.05, 3.63) is 42.0 Å². The van der Waals surface area contributed by atoms with Crippen LogP contribution in [0.1, 0.15) is 61.0 Å². The average Bonchev–Trinajstić information content (AvgIpc) is 3.12. The van der Waals surface area contributed by atoms with Crippen LogP contribution < -0.4 is 5.32 Å². The Morgan fingerprint density at radius 2 is 1.94 bits per heavy atom. The van der Waals surface area contributed by atoms with E-state index in [0.717, 1.165) is 18.5 Å². The number of fused-ring (bicyclic) bond motifs is 1. The van der Waals surface area contributed by atoms with Gasteiger partial charge in [-0.2, -0.15) is 13.2 Å². The smallest absolute Gasteiger partial charge is 0.391 e. The van der Waals surface area contributed by atoms with Crippen molar-refractivity contribution in [1.29, 1.82) is 0 Å². The minimum Gasteiger partial charge on any atom is -0.478 e. The van der Waals surface area contributed by atoms with Gasteiger partial charge in [-0.05, 0) is 44.7 Å². The van der Waals surface area contributed by atoms with Crippen LogP contribution in [0.5, 0.6) is 0 Å². The minimum atomic E-state index is -4.31. The summed E-state index contributed by atoms with van der Waals surface area (Å²) in [5, 5.41) is 26.4. The first-order valence-electron chi connectivity index (χ1n) is 10.7. The number of hydrogen-bond acceptors (Lipinski definition) is 6. The maximum Gasteiger partial charge on any atom is 0.391 e. The number of nitrogens with one attached hydrogen (secondary N) is 1. The molecule has 1 aliphatic carbocycles. The number of carboxylic acid groups (broad SMARTS) is 1. The molecule has 0 spiro atoms. The molecule has 3 N–H and O–H groups in total. The third-order valence-electron chi connectivity index (χ3n) is 5.87. The average molecular weight is 463 g/mol. The molecular weight excluding hydrogens is 439 g/mol. The van der Waals surface area contributed by atoms with Crippen LogP contribution in [0.4, 0.5) is 19.1 Å². The molecule has 3 aromatic rings. The second-order valence-corrected chi connectivity index (χ2v) is 8.50. The fraction of sp³-hybridized carbons (Fsp3) is 0.455. The monoisotopic (exact) mass is 463 g/mol. The maximum absolute atomic E-state index is 12.7. The molecule has 0 radical (unpaired) electrons. The molecule has 0 bridgehead atoms. The highest BCUT2D eigenvalue weighted by Gasteiger charge is 2.30. The number of aliphatic hydroxyl groups is 1. The van der Waals surface area contributed by atoms with Crippen molar-refractivity contribution in [3.8, 4) is 11.1 Å². The fourth-order valence-electron chi connectivity index (χ4n) is 4.30. The zero-order valence-electron chi connectivity index (χ0n) is 17.9. The van der Waals surface area contributed by atoms with Gasteiger partial charge in [-0.15, -0.1) is 5.10 Å². The number of nitrogens with zero attached hydrogens (tertiary/aromatic N) is 4. The normalized spacial score (nSPS) is 20.0. The van der Waals surface area contributed by atoms with Crippen LogP contribution in [-0.4, -0.2) is 54.1 Å². The van der Waals surface area contributed by atoms with Gasteiger partial charge in [0.25, 0.3) is 0 Å². The number of aromatic carboxylic acids is 1. The van der Waals surface area contributed by atoms with Crippen LogP contribution in [0, 0.1) is 0 Å². The number of carbonyl (C=O) groups is 1. The Kier molecular flexibility index (Phi) is 6.24. The SMILES string of the molecule is C[C@@H](CC(F)(F)F)Nc1ncc2c(-c3cncc(C(=O)O)c3)cc([C@H]3CC[C@H](O)CC3)n2n1. The molecule has 0 unspecified atom stereocenters. The molecule has 3 aromatic heterocycles. The summed E-state index contributed by atoms with van der Waals surface area (Å²) in [6.45, 7) is 1.41. The molecule has 1 fully saturated rings. The first kappa shape index (κ1) is 23.0. The topological polar surface area (TPSA) is 113 Å². The van der Waals surface area contributed by atoms with Gasteiger partial charge in [0.1, 0.15) is 0 Å². The number of hydrogen-bond donors (Lipinski definition) is 3. The zero-order chi connectivity index (χ0) is 23.8. The van der Waals surface area contributed by atoms with E-state index in [1.54, 1.807) is 10.7 Å². The quantitative estimate of drug-likeness (QED) is 0.501. The summed E-state index contributed by atoms with van der Waals surface area (Å²) in [6.07, 6.45) is 1.39. The highest BCUT2D eigenvalue weighted by molar-refractivity contribution is 5.90. The Morgan fingerprint density at radius 3 is 2.61 bits per heavy atom. The van der Waals surface area contributed by atoms with E-state index in [0.29, 0.717) is 29.5 Å². The Balaban J connectivity index is 1.76. The molecule has 0 saturated heterocycles. The van der Waals surface area contributed by atoms with E-state index in [4.69, 9.17) is 0 Å². The Hall–Kier alpha value is -3.21. The van der Waals surface area contributed by atoms with E-state index in [1.165, 1.54) is 25.4 Å². The van der Waals surface area contributed by atoms with E-state index < -0.39 is 24.6 Å². The van der Waals surface area contributed by atoms with Gasteiger partial charge in [-0.3, -0.25) is 4.98 Å². The van der Waals surface area contributed by atoms with Crippen LogP contribution in [0.3, 0.4) is 0 Å². The van der Waals surface area contributed by atoms with E-state index in [-0.39, 0.29) is 23.5 Å². The van der Waals surface area contributed by atoms with Crippen LogP contribution in [0.2, 0.25) is 0 Å². The van der Waals surface area contributed by atoms with Crippen molar-refractivity contribution in [2.45, 2.75) is 63.3 Å². The molecule has 1 aliphatic rings. The van der Waals surface area contributed by atoms with E-state index in [1.807, 2.05) is 6.07 Å². The van der Waals surface area contributed by atoms with Crippen molar-refractivity contribution in [1.82, 2.24) is 19.6 Å². The van der Waals surface area contributed by atoms with Gasteiger partial charge in [-0.25, -0.2) is 14.3 Å². The lowest BCUT2D eigenvalue weighted by atomic mass is 9.85. The molecule has 1 atom stereocenters. The van der Waals surface area contributed by atoms with Gasteiger partial charge in [-0.1, -0.05) is 0 Å². The van der Waals surface area contributed by atoms with Gasteiger partial charge in [0.05, 0.1) is 29.8 Å². The number of carboxylic acids is 1. The highest BCUT2D eigenvalue weighted by atomic mass is 19.4. The minimum absolute atomic E-state index is 0.0365. The van der Waals surface area contributed by atoms with Crippen molar-refractivity contribution >= 4 is 17.4 Å². The lowest BCUT2D eigenvalue weighted by molar-refractivity contribution is -0.136. The maximum atomic E-state index is 12.7. The molecule has 0 aromatic carbocycles. The largest absolute Gasteiger partial charge is 0.478 e. The Labute approximate surface area is 187 Å². The summed E-state index contributed by atoms with van der Waals surface area (Å²) in [7, 11) is 0. The molecule has 4 rings (SSSR count). The number of anilines is 1.